The zero-order valence-electron chi connectivity index (χ0n) is 26.2. The van der Waals surface area contributed by atoms with Gasteiger partial charge in [-0.15, -0.1) is 0 Å². The molecule has 12 atom stereocenters. The van der Waals surface area contributed by atoms with E-state index in [-0.39, 0.29) is 0 Å². The number of hydrogen-bond acceptors (Lipinski definition) is 0. The van der Waals surface area contributed by atoms with Crippen molar-refractivity contribution in [3.05, 3.63) is 0 Å². The van der Waals surface area contributed by atoms with Crippen LogP contribution in [0.25, 0.3) is 0 Å². The summed E-state index contributed by atoms with van der Waals surface area (Å²) in [6.07, 6.45) is 34.2. The fourth-order valence-corrected chi connectivity index (χ4v) is 14.6. The number of rotatable bonds is 0. The van der Waals surface area contributed by atoms with Crippen LogP contribution in [-0.2, 0) is 0 Å². The van der Waals surface area contributed by atoms with Gasteiger partial charge in [-0.2, -0.15) is 0 Å². The second-order valence-electron chi connectivity index (χ2n) is 18.0. The van der Waals surface area contributed by atoms with E-state index in [9.17, 15) is 0 Å². The lowest BCUT2D eigenvalue weighted by Crippen LogP contribution is -2.51. The van der Waals surface area contributed by atoms with E-state index < -0.39 is 0 Å². The van der Waals surface area contributed by atoms with Gasteiger partial charge in [0.05, 0.1) is 0 Å². The molecular weight excluding hydrogens is 456 g/mol. The molecule has 8 rings (SSSR count). The van der Waals surface area contributed by atoms with E-state index in [1.165, 1.54) is 38.5 Å². The van der Waals surface area contributed by atoms with Crippen molar-refractivity contribution in [2.24, 2.45) is 69.0 Å². The molecule has 11 unspecified atom stereocenters. The average Bonchev–Trinajstić information content (AvgIpc) is 3.51. The van der Waals surface area contributed by atoms with Crippen molar-refractivity contribution in [1.82, 2.24) is 0 Å². The minimum atomic E-state index is 0.741. The molecule has 0 heteroatoms. The van der Waals surface area contributed by atoms with Crippen molar-refractivity contribution >= 4 is 0 Å². The normalized spacial score (nSPS) is 57.2. The van der Waals surface area contributed by atoms with Gasteiger partial charge in [-0.05, 0) is 172 Å². The molecule has 0 radical (unpaired) electrons. The fourth-order valence-electron chi connectivity index (χ4n) is 14.6. The molecule has 8 saturated carbocycles. The average molecular weight is 521 g/mol. The van der Waals surface area contributed by atoms with Gasteiger partial charge in [0.25, 0.3) is 0 Å². The Kier molecular flexibility index (Phi) is 6.92. The smallest absolute Gasteiger partial charge is 0.0266 e. The lowest BCUT2D eigenvalue weighted by atomic mass is 9.45. The van der Waals surface area contributed by atoms with Crippen LogP contribution in [0, 0.1) is 69.0 Å². The zero-order valence-corrected chi connectivity index (χ0v) is 26.2. The fraction of sp³-hybridized carbons (Fsp3) is 1.00. The molecule has 8 aliphatic carbocycles. The van der Waals surface area contributed by atoms with E-state index in [0.29, 0.717) is 0 Å². The van der Waals surface area contributed by atoms with Crippen LogP contribution in [0.4, 0.5) is 0 Å². The molecule has 0 aromatic rings. The maximum absolute atomic E-state index is 2.70. The summed E-state index contributed by atoms with van der Waals surface area (Å²) in [5.41, 5.74) is 2.98. The molecule has 0 aromatic carbocycles. The van der Waals surface area contributed by atoms with Crippen LogP contribution in [0.2, 0.25) is 0 Å². The summed E-state index contributed by atoms with van der Waals surface area (Å²) in [5, 5.41) is 0. The third kappa shape index (κ3) is 4.08. The Labute approximate surface area is 237 Å². The van der Waals surface area contributed by atoms with E-state index >= 15 is 0 Å². The predicted molar refractivity (Wildman–Crippen MR) is 162 cm³/mol. The first-order valence-electron chi connectivity index (χ1n) is 18.3. The van der Waals surface area contributed by atoms with Crippen molar-refractivity contribution in [2.75, 3.05) is 0 Å². The molecule has 0 bridgehead atoms. The molecule has 0 nitrogen and oxygen atoms in total. The van der Waals surface area contributed by atoms with Crippen LogP contribution in [0.5, 0.6) is 0 Å². The SMILES string of the molecule is CC12CCCC1C1CCC3CCCCC3(C)C1CC2.CC12CCCC1C1CC[C@H]3CCCCC3(C)C1CC2. The molecule has 0 N–H and O–H groups in total. The topological polar surface area (TPSA) is 0 Å². The molecule has 0 spiro atoms. The van der Waals surface area contributed by atoms with Crippen LogP contribution in [0.15, 0.2) is 0 Å². The first-order chi connectivity index (χ1) is 18.3. The van der Waals surface area contributed by atoms with Gasteiger partial charge < -0.3 is 0 Å². The van der Waals surface area contributed by atoms with Crippen LogP contribution in [0.1, 0.15) is 169 Å². The van der Waals surface area contributed by atoms with E-state index in [1.54, 1.807) is 103 Å². The Balaban J connectivity index is 0.000000127. The Morgan fingerprint density at radius 2 is 0.789 bits per heavy atom. The lowest BCUT2D eigenvalue weighted by Gasteiger charge is -2.60. The van der Waals surface area contributed by atoms with Crippen molar-refractivity contribution in [3.63, 3.8) is 0 Å². The van der Waals surface area contributed by atoms with Crippen LogP contribution < -0.4 is 0 Å². The molecule has 216 valence electrons. The van der Waals surface area contributed by atoms with Crippen LogP contribution in [0.3, 0.4) is 0 Å². The molecule has 38 heavy (non-hydrogen) atoms. The standard InChI is InChI=1S/2C19H32/c2*1-18-11-5-7-16(18)15-9-8-14-6-3-4-12-19(14,2)17(15)10-13-18/h2*14-17H,3-13H2,1-2H3/t14-,15?,16?,17?,18?,19?;/m1./s1. The third-order valence-electron chi connectivity index (χ3n) is 16.7. The van der Waals surface area contributed by atoms with Gasteiger partial charge in [-0.3, -0.25) is 0 Å². The summed E-state index contributed by atoms with van der Waals surface area (Å²) in [6.45, 7) is 10.7. The quantitative estimate of drug-likeness (QED) is 0.298. The van der Waals surface area contributed by atoms with Gasteiger partial charge in [0.2, 0.25) is 0 Å². The van der Waals surface area contributed by atoms with Gasteiger partial charge in [0, 0.05) is 0 Å². The van der Waals surface area contributed by atoms with Crippen molar-refractivity contribution < 1.29 is 0 Å². The first kappa shape index (κ1) is 26.9. The third-order valence-corrected chi connectivity index (χ3v) is 16.7. The Morgan fingerprint density at radius 1 is 0.342 bits per heavy atom. The lowest BCUT2D eigenvalue weighted by molar-refractivity contribution is -0.103. The van der Waals surface area contributed by atoms with Crippen LogP contribution >= 0.6 is 0 Å². The second-order valence-corrected chi connectivity index (χ2v) is 18.0. The van der Waals surface area contributed by atoms with Gasteiger partial charge in [-0.25, -0.2) is 0 Å². The van der Waals surface area contributed by atoms with Crippen LogP contribution in [-0.4, -0.2) is 0 Å². The highest BCUT2D eigenvalue weighted by atomic mass is 14.6. The zero-order chi connectivity index (χ0) is 26.2. The minimum absolute atomic E-state index is 0.741. The van der Waals surface area contributed by atoms with E-state index in [2.05, 4.69) is 27.7 Å². The highest BCUT2D eigenvalue weighted by Crippen LogP contribution is 2.67. The summed E-state index contributed by atoms with van der Waals surface area (Å²) in [4.78, 5) is 0. The molecule has 0 amide bonds. The minimum Gasteiger partial charge on any atom is -0.0594 e. The van der Waals surface area contributed by atoms with E-state index in [1.807, 2.05) is 0 Å². The van der Waals surface area contributed by atoms with Gasteiger partial charge in [0.1, 0.15) is 0 Å². The van der Waals surface area contributed by atoms with Crippen molar-refractivity contribution in [3.8, 4) is 0 Å². The van der Waals surface area contributed by atoms with Gasteiger partial charge >= 0.3 is 0 Å². The number of fused-ring (bicyclic) bond motifs is 10. The Morgan fingerprint density at radius 3 is 1.24 bits per heavy atom. The Hall–Kier alpha value is 0. The molecule has 0 heterocycles. The highest BCUT2D eigenvalue weighted by Gasteiger charge is 2.58. The predicted octanol–water partition coefficient (Wildman–Crippen LogP) is 11.6. The van der Waals surface area contributed by atoms with Crippen molar-refractivity contribution in [1.29, 1.82) is 0 Å². The second kappa shape index (κ2) is 9.79. The van der Waals surface area contributed by atoms with E-state index in [4.69, 9.17) is 0 Å². The molecule has 8 fully saturated rings. The molecule has 0 aromatic heterocycles. The summed E-state index contributed by atoms with van der Waals surface area (Å²) in [7, 11) is 0. The molecule has 0 saturated heterocycles. The molecule has 0 aliphatic heterocycles. The highest BCUT2D eigenvalue weighted by molar-refractivity contribution is 5.08. The number of hydrogen-bond donors (Lipinski definition) is 0. The summed E-state index contributed by atoms with van der Waals surface area (Å²) in [6, 6.07) is 0. The Bertz CT molecular complexity index is 788. The first-order valence-corrected chi connectivity index (χ1v) is 18.3. The summed E-state index contributed by atoms with van der Waals surface area (Å²) in [5.74, 6) is 8.81. The summed E-state index contributed by atoms with van der Waals surface area (Å²) >= 11 is 0. The summed E-state index contributed by atoms with van der Waals surface area (Å²) < 4.78 is 0. The molecule has 8 aliphatic rings. The monoisotopic (exact) mass is 521 g/mol. The van der Waals surface area contributed by atoms with E-state index in [0.717, 1.165) is 69.0 Å². The maximum atomic E-state index is 2.70. The molecular formula is C38H64. The van der Waals surface area contributed by atoms with Gasteiger partial charge in [0.15, 0.2) is 0 Å². The van der Waals surface area contributed by atoms with Crippen molar-refractivity contribution in [2.45, 2.75) is 169 Å². The maximum Gasteiger partial charge on any atom is -0.0266 e. The van der Waals surface area contributed by atoms with Gasteiger partial charge in [-0.1, -0.05) is 66.2 Å². The largest absolute Gasteiger partial charge is 0.0594 e.